The third-order valence-electron chi connectivity index (χ3n) is 2.80. The first kappa shape index (κ1) is 12.0. The molecule has 1 aromatic rings. The summed E-state index contributed by atoms with van der Waals surface area (Å²) in [5.74, 6) is 0.680. The van der Waals surface area contributed by atoms with E-state index < -0.39 is 0 Å². The van der Waals surface area contributed by atoms with E-state index in [9.17, 15) is 0 Å². The Bertz CT molecular complexity index is 410. The van der Waals surface area contributed by atoms with Crippen LogP contribution in [-0.2, 0) is 6.54 Å². The van der Waals surface area contributed by atoms with Gasteiger partial charge in [0.25, 0.3) is 0 Å². The van der Waals surface area contributed by atoms with Crippen LogP contribution in [0.5, 0.6) is 0 Å². The molecule has 0 spiro atoms. The summed E-state index contributed by atoms with van der Waals surface area (Å²) in [6.07, 6.45) is 2.53. The Hall–Kier alpha value is -1.42. The first-order chi connectivity index (χ1) is 8.25. The monoisotopic (exact) mass is 247 g/mol. The van der Waals surface area contributed by atoms with E-state index in [0.717, 1.165) is 12.3 Å². The van der Waals surface area contributed by atoms with Crippen molar-refractivity contribution in [2.45, 2.75) is 26.3 Å². The van der Waals surface area contributed by atoms with E-state index in [1.54, 1.807) is 0 Å². The highest BCUT2D eigenvalue weighted by Crippen LogP contribution is 2.30. The smallest absolute Gasteiger partial charge is 0.187 e. The largest absolute Gasteiger partial charge is 0.357 e. The van der Waals surface area contributed by atoms with Crippen LogP contribution in [0.15, 0.2) is 35.4 Å². The Kier molecular flexibility index (Phi) is 4.09. The van der Waals surface area contributed by atoms with Crippen molar-refractivity contribution in [1.29, 1.82) is 0 Å². The second-order valence-electron chi connectivity index (χ2n) is 4.31. The number of nitrogens with one attached hydrogen (secondary N) is 2. The van der Waals surface area contributed by atoms with Gasteiger partial charge in [0, 0.05) is 12.3 Å². The van der Waals surface area contributed by atoms with Gasteiger partial charge in [-0.3, -0.25) is 5.43 Å². The zero-order valence-corrected chi connectivity index (χ0v) is 10.8. The molecule has 0 radical (unpaired) electrons. The van der Waals surface area contributed by atoms with Gasteiger partial charge in [0.1, 0.15) is 0 Å². The molecule has 1 aliphatic carbocycles. The number of rotatable bonds is 4. The second kappa shape index (κ2) is 5.77. The van der Waals surface area contributed by atoms with Crippen LogP contribution in [0.4, 0.5) is 0 Å². The summed E-state index contributed by atoms with van der Waals surface area (Å²) in [6.45, 7) is 2.77. The molecule has 0 amide bonds. The topological polar surface area (TPSA) is 36.4 Å². The fourth-order valence-electron chi connectivity index (χ4n) is 1.55. The van der Waals surface area contributed by atoms with Gasteiger partial charge in [-0.05, 0) is 43.5 Å². The molecule has 0 atom stereocenters. The molecule has 0 bridgehead atoms. The lowest BCUT2D eigenvalue weighted by molar-refractivity contribution is 0.862. The molecule has 0 heterocycles. The predicted octanol–water partition coefficient (Wildman–Crippen LogP) is 2.44. The quantitative estimate of drug-likeness (QED) is 0.487. The Morgan fingerprint density at radius 2 is 2.06 bits per heavy atom. The van der Waals surface area contributed by atoms with Gasteiger partial charge in [0.15, 0.2) is 5.11 Å². The van der Waals surface area contributed by atoms with Crippen LogP contribution in [0.25, 0.3) is 0 Å². The van der Waals surface area contributed by atoms with Crippen molar-refractivity contribution in [3.8, 4) is 0 Å². The molecule has 4 heteroatoms. The molecule has 0 aliphatic heterocycles. The summed E-state index contributed by atoms with van der Waals surface area (Å²) in [6, 6.07) is 10.2. The van der Waals surface area contributed by atoms with Crippen molar-refractivity contribution in [3.05, 3.63) is 35.9 Å². The van der Waals surface area contributed by atoms with Crippen molar-refractivity contribution in [2.75, 3.05) is 0 Å². The van der Waals surface area contributed by atoms with Crippen LogP contribution >= 0.6 is 12.2 Å². The van der Waals surface area contributed by atoms with Crippen molar-refractivity contribution in [1.82, 2.24) is 10.7 Å². The summed E-state index contributed by atoms with van der Waals surface area (Å²) in [7, 11) is 0. The van der Waals surface area contributed by atoms with E-state index in [0.29, 0.717) is 11.0 Å². The Labute approximate surface area is 107 Å². The zero-order valence-electron chi connectivity index (χ0n) is 9.94. The minimum absolute atomic E-state index is 0.578. The average molecular weight is 247 g/mol. The van der Waals surface area contributed by atoms with Crippen LogP contribution in [0.3, 0.4) is 0 Å². The van der Waals surface area contributed by atoms with Gasteiger partial charge in [-0.15, -0.1) is 0 Å². The third-order valence-corrected chi connectivity index (χ3v) is 3.03. The van der Waals surface area contributed by atoms with Crippen molar-refractivity contribution >= 4 is 23.0 Å². The number of hydrogen-bond donors (Lipinski definition) is 2. The minimum atomic E-state index is 0.578. The molecule has 90 valence electrons. The van der Waals surface area contributed by atoms with Gasteiger partial charge in [0.2, 0.25) is 0 Å². The first-order valence-corrected chi connectivity index (χ1v) is 6.28. The Balaban J connectivity index is 1.72. The maximum atomic E-state index is 5.15. The molecule has 17 heavy (non-hydrogen) atoms. The number of thiocarbonyl (C=S) groups is 1. The lowest BCUT2D eigenvalue weighted by Crippen LogP contribution is -2.32. The van der Waals surface area contributed by atoms with Crippen LogP contribution in [0, 0.1) is 5.92 Å². The van der Waals surface area contributed by atoms with Crippen molar-refractivity contribution in [2.24, 2.45) is 11.0 Å². The summed E-state index contributed by atoms with van der Waals surface area (Å²) < 4.78 is 0. The first-order valence-electron chi connectivity index (χ1n) is 5.87. The molecule has 2 N–H and O–H groups in total. The summed E-state index contributed by atoms with van der Waals surface area (Å²) in [5, 5.41) is 7.97. The van der Waals surface area contributed by atoms with Crippen LogP contribution in [0.1, 0.15) is 25.3 Å². The van der Waals surface area contributed by atoms with Crippen LogP contribution in [-0.4, -0.2) is 10.8 Å². The highest BCUT2D eigenvalue weighted by Gasteiger charge is 2.24. The summed E-state index contributed by atoms with van der Waals surface area (Å²) in [4.78, 5) is 0. The predicted molar refractivity (Wildman–Crippen MR) is 74.8 cm³/mol. The lowest BCUT2D eigenvalue weighted by Gasteiger charge is -2.07. The maximum absolute atomic E-state index is 5.15. The highest BCUT2D eigenvalue weighted by atomic mass is 32.1. The number of benzene rings is 1. The van der Waals surface area contributed by atoms with E-state index in [1.807, 2.05) is 25.1 Å². The van der Waals surface area contributed by atoms with Gasteiger partial charge < -0.3 is 5.32 Å². The maximum Gasteiger partial charge on any atom is 0.187 e. The van der Waals surface area contributed by atoms with E-state index in [2.05, 4.69) is 28.0 Å². The van der Waals surface area contributed by atoms with Gasteiger partial charge in [0.05, 0.1) is 0 Å². The fourth-order valence-corrected chi connectivity index (χ4v) is 1.67. The van der Waals surface area contributed by atoms with Crippen molar-refractivity contribution < 1.29 is 0 Å². The second-order valence-corrected chi connectivity index (χ2v) is 4.72. The van der Waals surface area contributed by atoms with Gasteiger partial charge in [-0.2, -0.15) is 5.10 Å². The van der Waals surface area contributed by atoms with E-state index >= 15 is 0 Å². The standard InChI is InChI=1S/C13H17N3S/c1-10(12-7-8-12)15-16-13(17)14-9-11-5-3-2-4-6-11/h2-6,12H,7-9H2,1H3,(H2,14,16,17). The molecule has 3 nitrogen and oxygen atoms in total. The average Bonchev–Trinajstić information content (AvgIpc) is 3.19. The molecular weight excluding hydrogens is 230 g/mol. The van der Waals surface area contributed by atoms with E-state index in [-0.39, 0.29) is 0 Å². The SMILES string of the molecule is CC(=NNC(=S)NCc1ccccc1)C1CC1. The third kappa shape index (κ3) is 4.15. The number of hydrazone groups is 1. The lowest BCUT2D eigenvalue weighted by atomic mass is 10.2. The molecule has 1 saturated carbocycles. The highest BCUT2D eigenvalue weighted by molar-refractivity contribution is 7.80. The van der Waals surface area contributed by atoms with Gasteiger partial charge >= 0.3 is 0 Å². The number of nitrogens with zero attached hydrogens (tertiary/aromatic N) is 1. The van der Waals surface area contributed by atoms with Crippen LogP contribution in [0.2, 0.25) is 0 Å². The molecule has 0 aromatic heterocycles. The van der Waals surface area contributed by atoms with E-state index in [1.165, 1.54) is 18.4 Å². The molecular formula is C13H17N3S. The molecule has 1 aromatic carbocycles. The van der Waals surface area contributed by atoms with Crippen molar-refractivity contribution in [3.63, 3.8) is 0 Å². The van der Waals surface area contributed by atoms with Crippen LogP contribution < -0.4 is 10.7 Å². The van der Waals surface area contributed by atoms with E-state index in [4.69, 9.17) is 12.2 Å². The minimum Gasteiger partial charge on any atom is -0.357 e. The normalized spacial score (nSPS) is 15.5. The number of hydrogen-bond acceptors (Lipinski definition) is 2. The zero-order chi connectivity index (χ0) is 12.1. The molecule has 1 aliphatic rings. The Morgan fingerprint density at radius 3 is 2.71 bits per heavy atom. The summed E-state index contributed by atoms with van der Waals surface area (Å²) in [5.41, 5.74) is 5.24. The van der Waals surface area contributed by atoms with Gasteiger partial charge in [-0.25, -0.2) is 0 Å². The van der Waals surface area contributed by atoms with Gasteiger partial charge in [-0.1, -0.05) is 30.3 Å². The molecule has 2 rings (SSSR count). The fraction of sp³-hybridized carbons (Fsp3) is 0.385. The molecule has 0 saturated heterocycles. The molecule has 1 fully saturated rings. The Morgan fingerprint density at radius 1 is 1.35 bits per heavy atom. The molecule has 0 unspecified atom stereocenters. The summed E-state index contributed by atoms with van der Waals surface area (Å²) >= 11 is 5.15.